The number of hydrogen-bond donors (Lipinski definition) is 3. The topological polar surface area (TPSA) is 154 Å². The van der Waals surface area contributed by atoms with Gasteiger partial charge in [0.15, 0.2) is 0 Å². The minimum Gasteiger partial charge on any atom is -0.480 e. The molecule has 0 fully saturated rings. The Kier molecular flexibility index (Phi) is 4.19. The molecule has 0 aromatic carbocycles. The molecule has 10 heteroatoms. The molecular formula is C9H9N3O7. The fraction of sp³-hybridized carbons (Fsp3) is 0.222. The van der Waals surface area contributed by atoms with Gasteiger partial charge in [-0.15, -0.1) is 0 Å². The van der Waals surface area contributed by atoms with Crippen molar-refractivity contribution < 1.29 is 29.5 Å². The lowest BCUT2D eigenvalue weighted by atomic mass is 10.3. The van der Waals surface area contributed by atoms with Crippen LogP contribution in [-0.2, 0) is 9.59 Å². The number of aliphatic carboxylic acids is 2. The van der Waals surface area contributed by atoms with Crippen molar-refractivity contribution in [3.63, 3.8) is 0 Å². The molecule has 1 aromatic heterocycles. The number of carbonyl (C=O) groups excluding carboxylic acids is 1. The number of H-pyrrole nitrogens is 1. The summed E-state index contributed by atoms with van der Waals surface area (Å²) in [4.78, 5) is 45.4. The first-order chi connectivity index (χ1) is 8.81. The van der Waals surface area contributed by atoms with Crippen LogP contribution in [-0.4, -0.2) is 56.0 Å². The highest BCUT2D eigenvalue weighted by Gasteiger charge is 2.23. The molecule has 19 heavy (non-hydrogen) atoms. The summed E-state index contributed by atoms with van der Waals surface area (Å²) in [5.41, 5.74) is -0.636. The van der Waals surface area contributed by atoms with Gasteiger partial charge in [0, 0.05) is 6.07 Å². The van der Waals surface area contributed by atoms with Crippen LogP contribution in [0.2, 0.25) is 0 Å². The summed E-state index contributed by atoms with van der Waals surface area (Å²) >= 11 is 0. The number of carboxylic acids is 2. The molecule has 3 N–H and O–H groups in total. The van der Waals surface area contributed by atoms with Gasteiger partial charge in [-0.2, -0.15) is 0 Å². The van der Waals surface area contributed by atoms with E-state index >= 15 is 0 Å². The fourth-order valence-corrected chi connectivity index (χ4v) is 1.31. The number of nitro groups is 1. The van der Waals surface area contributed by atoms with Crippen molar-refractivity contribution in [2.45, 2.75) is 0 Å². The van der Waals surface area contributed by atoms with E-state index in [9.17, 15) is 24.5 Å². The van der Waals surface area contributed by atoms with Crippen molar-refractivity contribution in [2.24, 2.45) is 0 Å². The van der Waals surface area contributed by atoms with Crippen LogP contribution in [0.25, 0.3) is 0 Å². The Morgan fingerprint density at radius 1 is 1.26 bits per heavy atom. The van der Waals surface area contributed by atoms with Gasteiger partial charge in [0.05, 0.1) is 11.1 Å². The van der Waals surface area contributed by atoms with E-state index in [4.69, 9.17) is 10.2 Å². The SMILES string of the molecule is O=C(O)CN(CC(=O)O)C(=O)c1cc([N+](=O)[O-])c[nH]1. The van der Waals surface area contributed by atoms with Crippen LogP contribution in [0, 0.1) is 10.1 Å². The number of hydrogen-bond acceptors (Lipinski definition) is 5. The number of nitrogens with zero attached hydrogens (tertiary/aromatic N) is 2. The zero-order valence-electron chi connectivity index (χ0n) is 9.40. The van der Waals surface area contributed by atoms with Gasteiger partial charge in [-0.1, -0.05) is 0 Å². The maximum absolute atomic E-state index is 11.8. The van der Waals surface area contributed by atoms with Crippen molar-refractivity contribution >= 4 is 23.5 Å². The second kappa shape index (κ2) is 5.62. The van der Waals surface area contributed by atoms with Crippen LogP contribution in [0.15, 0.2) is 12.3 Å². The van der Waals surface area contributed by atoms with E-state index in [0.29, 0.717) is 4.90 Å². The summed E-state index contributed by atoms with van der Waals surface area (Å²) in [6.07, 6.45) is 0.951. The molecule has 1 amide bonds. The third-order valence-corrected chi connectivity index (χ3v) is 2.05. The number of amides is 1. The van der Waals surface area contributed by atoms with E-state index in [1.807, 2.05) is 0 Å². The van der Waals surface area contributed by atoms with E-state index in [1.54, 1.807) is 0 Å². The third-order valence-electron chi connectivity index (χ3n) is 2.05. The van der Waals surface area contributed by atoms with Crippen molar-refractivity contribution in [1.82, 2.24) is 9.88 Å². The van der Waals surface area contributed by atoms with Crippen LogP contribution in [0.3, 0.4) is 0 Å². The predicted octanol–water partition coefficient (Wildman–Crippen LogP) is -0.466. The number of carboxylic acid groups (broad SMARTS) is 2. The summed E-state index contributed by atoms with van der Waals surface area (Å²) < 4.78 is 0. The molecule has 102 valence electrons. The van der Waals surface area contributed by atoms with E-state index < -0.39 is 35.9 Å². The van der Waals surface area contributed by atoms with Crippen molar-refractivity contribution in [2.75, 3.05) is 13.1 Å². The quantitative estimate of drug-likeness (QED) is 0.466. The first-order valence-electron chi connectivity index (χ1n) is 4.87. The Balaban J connectivity index is 2.93. The second-order valence-corrected chi connectivity index (χ2v) is 3.48. The van der Waals surface area contributed by atoms with Gasteiger partial charge in [0.2, 0.25) is 0 Å². The Bertz CT molecular complexity index is 520. The molecular weight excluding hydrogens is 262 g/mol. The number of aromatic nitrogens is 1. The average molecular weight is 271 g/mol. The Labute approximate surface area is 105 Å². The number of carbonyl (C=O) groups is 3. The lowest BCUT2D eigenvalue weighted by Crippen LogP contribution is -2.39. The molecule has 1 heterocycles. The smallest absolute Gasteiger partial charge is 0.323 e. The third kappa shape index (κ3) is 3.80. The van der Waals surface area contributed by atoms with Crippen LogP contribution in [0.4, 0.5) is 5.69 Å². The lowest BCUT2D eigenvalue weighted by Gasteiger charge is -2.17. The monoisotopic (exact) mass is 271 g/mol. The van der Waals surface area contributed by atoms with Gasteiger partial charge in [-0.05, 0) is 0 Å². The molecule has 0 saturated carbocycles. The van der Waals surface area contributed by atoms with Crippen molar-refractivity contribution in [1.29, 1.82) is 0 Å². The molecule has 10 nitrogen and oxygen atoms in total. The number of rotatable bonds is 6. The molecule has 0 spiro atoms. The molecule has 0 aliphatic rings. The van der Waals surface area contributed by atoms with Gasteiger partial charge in [0.25, 0.3) is 11.6 Å². The summed E-state index contributed by atoms with van der Waals surface area (Å²) in [5.74, 6) is -3.73. The highest BCUT2D eigenvalue weighted by Crippen LogP contribution is 2.13. The van der Waals surface area contributed by atoms with Gasteiger partial charge >= 0.3 is 11.9 Å². The summed E-state index contributed by atoms with van der Waals surface area (Å²) in [6.45, 7) is -1.64. The zero-order chi connectivity index (χ0) is 14.6. The molecule has 0 atom stereocenters. The lowest BCUT2D eigenvalue weighted by molar-refractivity contribution is -0.384. The minimum absolute atomic E-state index is 0.255. The van der Waals surface area contributed by atoms with E-state index in [-0.39, 0.29) is 11.4 Å². The van der Waals surface area contributed by atoms with E-state index in [0.717, 1.165) is 12.3 Å². The maximum atomic E-state index is 11.8. The van der Waals surface area contributed by atoms with Crippen LogP contribution >= 0.6 is 0 Å². The highest BCUT2D eigenvalue weighted by atomic mass is 16.6. The molecule has 0 aliphatic carbocycles. The Hall–Kier alpha value is -2.91. The average Bonchev–Trinajstić information content (AvgIpc) is 2.75. The summed E-state index contributed by atoms with van der Waals surface area (Å²) in [7, 11) is 0. The molecule has 0 radical (unpaired) electrons. The van der Waals surface area contributed by atoms with Gasteiger partial charge in [0.1, 0.15) is 18.8 Å². The summed E-state index contributed by atoms with van der Waals surface area (Å²) in [6, 6.07) is 0.902. The molecule has 1 rings (SSSR count). The van der Waals surface area contributed by atoms with Crippen molar-refractivity contribution in [3.8, 4) is 0 Å². The Morgan fingerprint density at radius 3 is 2.16 bits per heavy atom. The molecule has 0 bridgehead atoms. The summed E-state index contributed by atoms with van der Waals surface area (Å²) in [5, 5.41) is 27.6. The van der Waals surface area contributed by atoms with Gasteiger partial charge in [-0.3, -0.25) is 24.5 Å². The molecule has 0 aliphatic heterocycles. The van der Waals surface area contributed by atoms with Crippen LogP contribution in [0.1, 0.15) is 10.5 Å². The standard InChI is InChI=1S/C9H9N3O7/c13-7(14)3-11(4-8(15)16)9(17)6-1-5(2-10-6)12(18)19/h1-2,10H,3-4H2,(H,13,14)(H,15,16). The van der Waals surface area contributed by atoms with Crippen LogP contribution < -0.4 is 0 Å². The predicted molar refractivity (Wildman–Crippen MR) is 58.6 cm³/mol. The number of nitrogens with one attached hydrogen (secondary N) is 1. The highest BCUT2D eigenvalue weighted by molar-refractivity contribution is 5.96. The maximum Gasteiger partial charge on any atom is 0.323 e. The van der Waals surface area contributed by atoms with Crippen LogP contribution in [0.5, 0.6) is 0 Å². The first-order valence-corrected chi connectivity index (χ1v) is 4.87. The normalized spacial score (nSPS) is 9.89. The van der Waals surface area contributed by atoms with E-state index in [1.165, 1.54) is 0 Å². The first kappa shape index (κ1) is 14.2. The van der Waals surface area contributed by atoms with Gasteiger partial charge in [-0.25, -0.2) is 0 Å². The molecule has 0 saturated heterocycles. The zero-order valence-corrected chi connectivity index (χ0v) is 9.40. The Morgan fingerprint density at radius 2 is 1.79 bits per heavy atom. The minimum atomic E-state index is -1.39. The molecule has 0 unspecified atom stereocenters. The van der Waals surface area contributed by atoms with Crippen molar-refractivity contribution in [3.05, 3.63) is 28.1 Å². The van der Waals surface area contributed by atoms with Gasteiger partial charge < -0.3 is 20.1 Å². The van der Waals surface area contributed by atoms with E-state index in [2.05, 4.69) is 4.98 Å². The largest absolute Gasteiger partial charge is 0.480 e. The number of aromatic amines is 1. The molecule has 1 aromatic rings. The second-order valence-electron chi connectivity index (χ2n) is 3.48. The fourth-order valence-electron chi connectivity index (χ4n) is 1.31.